The number of para-hydroxylation sites is 1. The van der Waals surface area contributed by atoms with Crippen LogP contribution in [0.25, 0.3) is 0 Å². The van der Waals surface area contributed by atoms with Crippen molar-refractivity contribution in [3.8, 4) is 5.75 Å². The summed E-state index contributed by atoms with van der Waals surface area (Å²) < 4.78 is 38.5. The van der Waals surface area contributed by atoms with Crippen molar-refractivity contribution in [1.29, 1.82) is 0 Å². The Bertz CT molecular complexity index is 904. The van der Waals surface area contributed by atoms with Gasteiger partial charge in [0.25, 0.3) is 0 Å². The fourth-order valence-electron chi connectivity index (χ4n) is 3.77. The highest BCUT2D eigenvalue weighted by atomic mass is 32.2. The highest BCUT2D eigenvalue weighted by molar-refractivity contribution is 7.91. The van der Waals surface area contributed by atoms with Gasteiger partial charge in [0.15, 0.2) is 0 Å². The Hall–Kier alpha value is -1.90. The Morgan fingerprint density at radius 1 is 1.31 bits per heavy atom. The van der Waals surface area contributed by atoms with E-state index in [1.54, 1.807) is 13.3 Å². The number of benzene rings is 1. The average Bonchev–Trinajstić information content (AvgIpc) is 3.33. The number of hydrogen-bond acceptors (Lipinski definition) is 6. The van der Waals surface area contributed by atoms with Crippen LogP contribution in [0.3, 0.4) is 0 Å². The maximum absolute atomic E-state index is 12.7. The number of imidazole rings is 1. The van der Waals surface area contributed by atoms with Crippen molar-refractivity contribution in [1.82, 2.24) is 14.5 Å². The zero-order valence-electron chi connectivity index (χ0n) is 17.5. The second kappa shape index (κ2) is 9.73. The molecule has 0 bridgehead atoms. The van der Waals surface area contributed by atoms with Crippen LogP contribution in [-0.2, 0) is 34.2 Å². The van der Waals surface area contributed by atoms with E-state index in [1.165, 1.54) is 0 Å². The number of ether oxygens (including phenoxy) is 2. The largest absolute Gasteiger partial charge is 0.496 e. The minimum Gasteiger partial charge on any atom is -0.496 e. The van der Waals surface area contributed by atoms with Crippen molar-refractivity contribution in [3.63, 3.8) is 0 Å². The number of rotatable bonds is 10. The summed E-state index contributed by atoms with van der Waals surface area (Å²) in [5.41, 5.74) is 1.97. The van der Waals surface area contributed by atoms with Crippen LogP contribution in [-0.4, -0.2) is 55.5 Å². The lowest BCUT2D eigenvalue weighted by molar-refractivity contribution is 0.0934. The molecule has 29 heavy (non-hydrogen) atoms. The molecule has 2 heterocycles. The van der Waals surface area contributed by atoms with E-state index < -0.39 is 9.84 Å². The molecule has 0 aliphatic carbocycles. The van der Waals surface area contributed by atoms with Gasteiger partial charge in [-0.05, 0) is 32.4 Å². The van der Waals surface area contributed by atoms with E-state index in [-0.39, 0.29) is 17.0 Å². The van der Waals surface area contributed by atoms with Crippen LogP contribution in [0, 0.1) is 0 Å². The molecule has 0 spiro atoms. The number of aromatic nitrogens is 2. The quantitative estimate of drug-likeness (QED) is 0.587. The smallest absolute Gasteiger partial charge is 0.227 e. The summed E-state index contributed by atoms with van der Waals surface area (Å²) in [4.78, 5) is 6.45. The third-order valence-corrected chi connectivity index (χ3v) is 6.96. The average molecular weight is 422 g/mol. The van der Waals surface area contributed by atoms with Gasteiger partial charge < -0.3 is 14.0 Å². The normalized spacial score (nSPS) is 17.2. The van der Waals surface area contributed by atoms with Gasteiger partial charge in [-0.2, -0.15) is 0 Å². The Morgan fingerprint density at radius 2 is 2.10 bits per heavy atom. The Labute approximate surface area is 173 Å². The van der Waals surface area contributed by atoms with Gasteiger partial charge >= 0.3 is 0 Å². The van der Waals surface area contributed by atoms with Crippen LogP contribution >= 0.6 is 0 Å². The monoisotopic (exact) mass is 421 g/mol. The van der Waals surface area contributed by atoms with E-state index >= 15 is 0 Å². The second-order valence-electron chi connectivity index (χ2n) is 7.58. The van der Waals surface area contributed by atoms with Gasteiger partial charge in [0.05, 0.1) is 37.4 Å². The number of sulfone groups is 1. The van der Waals surface area contributed by atoms with Gasteiger partial charge in [0.1, 0.15) is 5.75 Å². The maximum atomic E-state index is 12.7. The number of hydrogen-bond donors (Lipinski definition) is 0. The first-order valence-electron chi connectivity index (χ1n) is 10.1. The highest BCUT2D eigenvalue weighted by Gasteiger charge is 2.26. The van der Waals surface area contributed by atoms with Crippen molar-refractivity contribution in [3.05, 3.63) is 41.7 Å². The molecule has 0 saturated carbocycles. The summed E-state index contributed by atoms with van der Waals surface area (Å²) in [5, 5.41) is 0.163. The second-order valence-corrected chi connectivity index (χ2v) is 9.58. The molecule has 1 fully saturated rings. The topological polar surface area (TPSA) is 73.7 Å². The molecule has 7 nitrogen and oxygen atoms in total. The molecule has 1 aliphatic heterocycles. The summed E-state index contributed by atoms with van der Waals surface area (Å²) in [5.74, 6) is 0.949. The van der Waals surface area contributed by atoms with Crippen LogP contribution in [0.4, 0.5) is 0 Å². The first kappa shape index (κ1) is 21.8. The van der Waals surface area contributed by atoms with Crippen LogP contribution in [0.5, 0.6) is 5.75 Å². The zero-order chi connectivity index (χ0) is 20.9. The maximum Gasteiger partial charge on any atom is 0.227 e. The number of nitrogens with zero attached hydrogens (tertiary/aromatic N) is 3. The van der Waals surface area contributed by atoms with Crippen molar-refractivity contribution in [2.45, 2.75) is 57.1 Å². The lowest BCUT2D eigenvalue weighted by atomic mass is 10.2. The van der Waals surface area contributed by atoms with Gasteiger partial charge in [-0.15, -0.1) is 0 Å². The molecule has 2 aromatic rings. The summed E-state index contributed by atoms with van der Waals surface area (Å²) in [6.07, 6.45) is 4.26. The van der Waals surface area contributed by atoms with Crippen LogP contribution in [0.1, 0.15) is 37.4 Å². The molecule has 0 N–H and O–H groups in total. The molecule has 8 heteroatoms. The molecule has 1 aromatic heterocycles. The van der Waals surface area contributed by atoms with E-state index in [2.05, 4.69) is 9.88 Å². The van der Waals surface area contributed by atoms with Crippen LogP contribution < -0.4 is 4.74 Å². The summed E-state index contributed by atoms with van der Waals surface area (Å²) in [7, 11) is 0.268. The summed E-state index contributed by atoms with van der Waals surface area (Å²) in [6, 6.07) is 7.92. The van der Waals surface area contributed by atoms with E-state index in [1.807, 2.05) is 42.8 Å². The minimum atomic E-state index is -3.41. The van der Waals surface area contributed by atoms with Crippen LogP contribution in [0.2, 0.25) is 0 Å². The Balaban J connectivity index is 1.82. The predicted octanol–water partition coefficient (Wildman–Crippen LogP) is 2.89. The molecule has 0 amide bonds. The molecule has 1 aromatic carbocycles. The molecule has 1 saturated heterocycles. The van der Waals surface area contributed by atoms with Gasteiger partial charge in [-0.1, -0.05) is 25.1 Å². The highest BCUT2D eigenvalue weighted by Crippen LogP contribution is 2.23. The van der Waals surface area contributed by atoms with Gasteiger partial charge in [0.2, 0.25) is 15.0 Å². The first-order chi connectivity index (χ1) is 13.9. The third-order valence-electron chi connectivity index (χ3n) is 5.13. The van der Waals surface area contributed by atoms with Gasteiger partial charge in [-0.3, -0.25) is 4.90 Å². The predicted molar refractivity (Wildman–Crippen MR) is 112 cm³/mol. The van der Waals surface area contributed by atoms with E-state index in [0.29, 0.717) is 26.1 Å². The Morgan fingerprint density at radius 3 is 2.79 bits per heavy atom. The van der Waals surface area contributed by atoms with E-state index in [4.69, 9.17) is 9.47 Å². The number of methoxy groups -OCH3 is 1. The SMILES string of the molecule is CCCS(=O)(=O)c1ncc(CN(C)Cc2ccccc2OC)n1CC1CCCO1. The molecule has 1 unspecified atom stereocenters. The molecule has 3 rings (SSSR count). The molecular weight excluding hydrogens is 390 g/mol. The van der Waals surface area contributed by atoms with Crippen molar-refractivity contribution >= 4 is 9.84 Å². The minimum absolute atomic E-state index is 0.0399. The van der Waals surface area contributed by atoms with Crippen molar-refractivity contribution in [2.24, 2.45) is 0 Å². The summed E-state index contributed by atoms with van der Waals surface area (Å²) >= 11 is 0. The molecule has 1 atom stereocenters. The molecule has 1 aliphatic rings. The van der Waals surface area contributed by atoms with E-state index in [9.17, 15) is 8.42 Å². The fraction of sp³-hybridized carbons (Fsp3) is 0.571. The zero-order valence-corrected chi connectivity index (χ0v) is 18.3. The fourth-order valence-corrected chi connectivity index (χ4v) is 5.23. The van der Waals surface area contributed by atoms with Gasteiger partial charge in [0, 0.05) is 25.3 Å². The van der Waals surface area contributed by atoms with Crippen molar-refractivity contribution < 1.29 is 17.9 Å². The van der Waals surface area contributed by atoms with Crippen LogP contribution in [0.15, 0.2) is 35.6 Å². The van der Waals surface area contributed by atoms with E-state index in [0.717, 1.165) is 36.5 Å². The molecule has 160 valence electrons. The van der Waals surface area contributed by atoms with Crippen molar-refractivity contribution in [2.75, 3.05) is 26.5 Å². The lowest BCUT2D eigenvalue weighted by Gasteiger charge is -2.21. The third kappa shape index (κ3) is 5.38. The molecule has 0 radical (unpaired) electrons. The first-order valence-corrected chi connectivity index (χ1v) is 11.8. The Kier molecular flexibility index (Phi) is 7.32. The molecular formula is C21H31N3O4S. The standard InChI is InChI=1S/C21H31N3O4S/c1-4-12-29(25,26)21-22-13-18(24(21)16-19-9-7-11-28-19)15-23(2)14-17-8-5-6-10-20(17)27-3/h5-6,8,10,13,19H,4,7,9,11-12,14-16H2,1-3H3. The van der Waals surface area contributed by atoms with Gasteiger partial charge in [-0.25, -0.2) is 13.4 Å². The summed E-state index contributed by atoms with van der Waals surface area (Å²) in [6.45, 7) is 4.40. The lowest BCUT2D eigenvalue weighted by Crippen LogP contribution is -2.25.